The van der Waals surface area contributed by atoms with Gasteiger partial charge in [-0.25, -0.2) is 4.68 Å². The highest BCUT2D eigenvalue weighted by Gasteiger charge is 2.21. The molecule has 1 aromatic rings. The van der Waals surface area contributed by atoms with Crippen LogP contribution in [0.5, 0.6) is 0 Å². The lowest BCUT2D eigenvalue weighted by Gasteiger charge is -2.23. The standard InChI is InChI=1S/C14H21N3O2/c1-9-10(2)16-17(3)14(19)12(9)13(18)15-11-7-5-4-6-8-11/h11H,4-8H2,1-3H3,(H,15,18). The van der Waals surface area contributed by atoms with Crippen LogP contribution >= 0.6 is 0 Å². The number of hydrogen-bond donors (Lipinski definition) is 1. The van der Waals surface area contributed by atoms with E-state index in [1.807, 2.05) is 6.92 Å². The van der Waals surface area contributed by atoms with E-state index in [0.29, 0.717) is 5.56 Å². The Morgan fingerprint density at radius 2 is 1.89 bits per heavy atom. The Bertz CT molecular complexity index is 542. The largest absolute Gasteiger partial charge is 0.349 e. The second-order valence-electron chi connectivity index (χ2n) is 5.32. The third kappa shape index (κ3) is 2.85. The predicted molar refractivity (Wildman–Crippen MR) is 73.3 cm³/mol. The maximum Gasteiger partial charge on any atom is 0.279 e. The van der Waals surface area contributed by atoms with Gasteiger partial charge in [-0.3, -0.25) is 9.59 Å². The average molecular weight is 263 g/mol. The van der Waals surface area contributed by atoms with Gasteiger partial charge in [-0.2, -0.15) is 5.10 Å². The second kappa shape index (κ2) is 5.55. The van der Waals surface area contributed by atoms with Crippen molar-refractivity contribution in [2.45, 2.75) is 52.0 Å². The lowest BCUT2D eigenvalue weighted by molar-refractivity contribution is 0.0924. The monoisotopic (exact) mass is 263 g/mol. The molecule has 0 aliphatic heterocycles. The summed E-state index contributed by atoms with van der Waals surface area (Å²) in [5.74, 6) is -0.254. The van der Waals surface area contributed by atoms with Gasteiger partial charge >= 0.3 is 0 Å². The molecule has 5 heteroatoms. The lowest BCUT2D eigenvalue weighted by Crippen LogP contribution is -2.41. The van der Waals surface area contributed by atoms with Crippen LogP contribution in [0.4, 0.5) is 0 Å². The molecule has 1 N–H and O–H groups in total. The maximum absolute atomic E-state index is 12.3. The summed E-state index contributed by atoms with van der Waals surface area (Å²) in [6.45, 7) is 3.59. The van der Waals surface area contributed by atoms with Crippen molar-refractivity contribution in [3.05, 3.63) is 27.2 Å². The van der Waals surface area contributed by atoms with Gasteiger partial charge in [0.15, 0.2) is 0 Å². The molecule has 0 atom stereocenters. The minimum Gasteiger partial charge on any atom is -0.349 e. The van der Waals surface area contributed by atoms with E-state index in [0.717, 1.165) is 31.4 Å². The highest BCUT2D eigenvalue weighted by molar-refractivity contribution is 5.95. The lowest BCUT2D eigenvalue weighted by atomic mass is 9.95. The minimum absolute atomic E-state index is 0.207. The van der Waals surface area contributed by atoms with Gasteiger partial charge in [-0.15, -0.1) is 0 Å². The zero-order valence-corrected chi connectivity index (χ0v) is 11.8. The number of carbonyl (C=O) groups is 1. The van der Waals surface area contributed by atoms with Crippen LogP contribution in [-0.2, 0) is 7.05 Å². The summed E-state index contributed by atoms with van der Waals surface area (Å²) in [6, 6.07) is 0.207. The summed E-state index contributed by atoms with van der Waals surface area (Å²) in [5, 5.41) is 7.08. The number of aryl methyl sites for hydroxylation is 2. The molecular weight excluding hydrogens is 242 g/mol. The van der Waals surface area contributed by atoms with E-state index >= 15 is 0 Å². The van der Waals surface area contributed by atoms with Gasteiger partial charge in [0, 0.05) is 13.1 Å². The molecule has 0 unspecified atom stereocenters. The smallest absolute Gasteiger partial charge is 0.279 e. The first-order valence-corrected chi connectivity index (χ1v) is 6.86. The quantitative estimate of drug-likeness (QED) is 0.878. The summed E-state index contributed by atoms with van der Waals surface area (Å²) in [6.07, 6.45) is 5.56. The Balaban J connectivity index is 2.26. The Labute approximate surface area is 113 Å². The number of aromatic nitrogens is 2. The van der Waals surface area contributed by atoms with E-state index in [2.05, 4.69) is 10.4 Å². The van der Waals surface area contributed by atoms with Crippen LogP contribution in [0, 0.1) is 13.8 Å². The molecule has 0 saturated heterocycles. The highest BCUT2D eigenvalue weighted by Crippen LogP contribution is 2.18. The Morgan fingerprint density at radius 1 is 1.26 bits per heavy atom. The molecule has 1 aromatic heterocycles. The first kappa shape index (κ1) is 13.8. The number of rotatable bonds is 2. The summed E-state index contributed by atoms with van der Waals surface area (Å²) in [4.78, 5) is 24.4. The molecule has 104 valence electrons. The van der Waals surface area contributed by atoms with Gasteiger partial charge in [0.1, 0.15) is 5.56 Å². The SMILES string of the molecule is Cc1nn(C)c(=O)c(C(=O)NC2CCCCC2)c1C. The third-order valence-corrected chi connectivity index (χ3v) is 3.89. The highest BCUT2D eigenvalue weighted by atomic mass is 16.2. The molecule has 2 rings (SSSR count). The molecule has 1 saturated carbocycles. The normalized spacial score (nSPS) is 16.4. The van der Waals surface area contributed by atoms with Crippen LogP contribution in [0.2, 0.25) is 0 Å². The van der Waals surface area contributed by atoms with Crippen LogP contribution in [0.1, 0.15) is 53.7 Å². The number of hydrogen-bond acceptors (Lipinski definition) is 3. The molecule has 0 spiro atoms. The predicted octanol–water partition coefficient (Wildman–Crippen LogP) is 1.46. The minimum atomic E-state index is -0.323. The van der Waals surface area contributed by atoms with Crippen molar-refractivity contribution in [2.24, 2.45) is 7.05 Å². The van der Waals surface area contributed by atoms with E-state index in [-0.39, 0.29) is 23.1 Å². The van der Waals surface area contributed by atoms with Crippen molar-refractivity contribution in [1.82, 2.24) is 15.1 Å². The van der Waals surface area contributed by atoms with Crippen molar-refractivity contribution in [3.8, 4) is 0 Å². The van der Waals surface area contributed by atoms with Crippen LogP contribution in [0.3, 0.4) is 0 Å². The van der Waals surface area contributed by atoms with Crippen molar-refractivity contribution >= 4 is 5.91 Å². The molecule has 1 aliphatic rings. The van der Waals surface area contributed by atoms with Gasteiger partial charge in [-0.1, -0.05) is 19.3 Å². The first-order valence-electron chi connectivity index (χ1n) is 6.86. The third-order valence-electron chi connectivity index (χ3n) is 3.89. The molecular formula is C14H21N3O2. The molecule has 0 bridgehead atoms. The van der Waals surface area contributed by atoms with Crippen molar-refractivity contribution < 1.29 is 4.79 Å². The van der Waals surface area contributed by atoms with Crippen molar-refractivity contribution in [1.29, 1.82) is 0 Å². The van der Waals surface area contributed by atoms with Gasteiger partial charge in [0.25, 0.3) is 11.5 Å². The summed E-state index contributed by atoms with van der Waals surface area (Å²) in [7, 11) is 1.58. The van der Waals surface area contributed by atoms with Crippen LogP contribution in [0.25, 0.3) is 0 Å². The van der Waals surface area contributed by atoms with Crippen molar-refractivity contribution in [3.63, 3.8) is 0 Å². The van der Waals surface area contributed by atoms with Gasteiger partial charge < -0.3 is 5.32 Å². The fraction of sp³-hybridized carbons (Fsp3) is 0.643. The fourth-order valence-corrected chi connectivity index (χ4v) is 2.62. The second-order valence-corrected chi connectivity index (χ2v) is 5.32. The number of nitrogens with one attached hydrogen (secondary N) is 1. The summed E-state index contributed by atoms with van der Waals surface area (Å²) in [5.41, 5.74) is 1.31. The average Bonchev–Trinajstić information content (AvgIpc) is 2.38. The number of carbonyl (C=O) groups excluding carboxylic acids is 1. The van der Waals surface area contributed by atoms with Gasteiger partial charge in [0.2, 0.25) is 0 Å². The molecule has 19 heavy (non-hydrogen) atoms. The van der Waals surface area contributed by atoms with E-state index < -0.39 is 0 Å². The fourth-order valence-electron chi connectivity index (χ4n) is 2.62. The topological polar surface area (TPSA) is 64.0 Å². The molecule has 1 amide bonds. The van der Waals surface area contributed by atoms with Gasteiger partial charge in [0.05, 0.1) is 5.69 Å². The van der Waals surface area contributed by atoms with E-state index in [1.165, 1.54) is 11.1 Å². The van der Waals surface area contributed by atoms with Gasteiger partial charge in [-0.05, 0) is 32.3 Å². The molecule has 5 nitrogen and oxygen atoms in total. The van der Waals surface area contributed by atoms with E-state index in [9.17, 15) is 9.59 Å². The summed E-state index contributed by atoms with van der Waals surface area (Å²) < 4.78 is 1.23. The van der Waals surface area contributed by atoms with Crippen LogP contribution < -0.4 is 10.9 Å². The molecule has 1 fully saturated rings. The van der Waals surface area contributed by atoms with Crippen LogP contribution in [-0.4, -0.2) is 21.7 Å². The Hall–Kier alpha value is -1.65. The first-order chi connectivity index (χ1) is 9.00. The molecule has 1 aliphatic carbocycles. The van der Waals surface area contributed by atoms with Crippen molar-refractivity contribution in [2.75, 3.05) is 0 Å². The van der Waals surface area contributed by atoms with Crippen LogP contribution in [0.15, 0.2) is 4.79 Å². The molecule has 0 radical (unpaired) electrons. The Kier molecular flexibility index (Phi) is 4.02. The number of nitrogens with zero attached hydrogens (tertiary/aromatic N) is 2. The Morgan fingerprint density at radius 3 is 2.53 bits per heavy atom. The maximum atomic E-state index is 12.3. The summed E-state index contributed by atoms with van der Waals surface area (Å²) >= 11 is 0. The number of amides is 1. The molecule has 1 heterocycles. The zero-order valence-electron chi connectivity index (χ0n) is 11.8. The van der Waals surface area contributed by atoms with E-state index in [4.69, 9.17) is 0 Å². The molecule has 0 aromatic carbocycles. The van der Waals surface area contributed by atoms with E-state index in [1.54, 1.807) is 14.0 Å². The zero-order chi connectivity index (χ0) is 14.0.